The fourth-order valence-electron chi connectivity index (χ4n) is 0. The molecule has 7 N–H and O–H groups in total. The molecule has 0 radical (unpaired) electrons. The topological polar surface area (TPSA) is 147 Å². The molecule has 0 aromatic heterocycles. The van der Waals surface area contributed by atoms with Gasteiger partial charge in [0.2, 0.25) is 0 Å². The van der Waals surface area contributed by atoms with E-state index in [2.05, 4.69) is 5.50 Å². The Hall–Kier alpha value is -0.460. The van der Waals surface area contributed by atoms with Gasteiger partial charge in [0.1, 0.15) is 6.04 Å². The average Bonchev–Trinajstić information content (AvgIpc) is 1.59. The van der Waals surface area contributed by atoms with Crippen molar-refractivity contribution in [2.24, 2.45) is 11.2 Å². The van der Waals surface area contributed by atoms with E-state index in [0.717, 1.165) is 0 Å². The van der Waals surface area contributed by atoms with E-state index < -0.39 is 19.8 Å². The SMILES string of the molecule is C[C@H](N)C(=O)O.NP(=O)(O)O. The summed E-state index contributed by atoms with van der Waals surface area (Å²) in [7, 11) is -4.14. The lowest BCUT2D eigenvalue weighted by atomic mass is 10.4. The van der Waals surface area contributed by atoms with Crippen molar-refractivity contribution in [2.75, 3.05) is 0 Å². The predicted molar refractivity (Wildman–Crippen MR) is 37.5 cm³/mol. The standard InChI is InChI=1S/C3H7NO2.H4NO3P/c1-2(4)3(5)6;1-5(2,3)4/h2H,4H2,1H3,(H,5,6);(H4,1,2,3,4)/t2-;/m0./s1. The van der Waals surface area contributed by atoms with Crippen LogP contribution in [0.15, 0.2) is 0 Å². The van der Waals surface area contributed by atoms with E-state index in [9.17, 15) is 4.79 Å². The molecule has 7 nitrogen and oxygen atoms in total. The number of carbonyl (C=O) groups is 1. The van der Waals surface area contributed by atoms with E-state index in [1.165, 1.54) is 6.92 Å². The van der Waals surface area contributed by atoms with E-state index in [-0.39, 0.29) is 0 Å². The maximum Gasteiger partial charge on any atom is 0.397 e. The van der Waals surface area contributed by atoms with Gasteiger partial charge in [-0.1, -0.05) is 0 Å². The second-order valence-corrected chi connectivity index (χ2v) is 2.89. The summed E-state index contributed by atoms with van der Waals surface area (Å²) in [6.07, 6.45) is 0. The van der Waals surface area contributed by atoms with Crippen molar-refractivity contribution in [1.29, 1.82) is 0 Å². The molecule has 0 saturated heterocycles. The Labute approximate surface area is 63.2 Å². The molecule has 68 valence electrons. The Morgan fingerprint density at radius 3 is 1.64 bits per heavy atom. The van der Waals surface area contributed by atoms with Crippen LogP contribution in [-0.4, -0.2) is 26.9 Å². The summed E-state index contributed by atoms with van der Waals surface area (Å²) in [4.78, 5) is 24.4. The first-order valence-corrected chi connectivity index (χ1v) is 4.15. The Morgan fingerprint density at radius 2 is 1.64 bits per heavy atom. The van der Waals surface area contributed by atoms with Gasteiger partial charge in [-0.05, 0) is 6.92 Å². The minimum absolute atomic E-state index is 0.731. The molecule has 0 aromatic rings. The molecule has 0 saturated carbocycles. The summed E-state index contributed by atoms with van der Waals surface area (Å²) in [5.41, 5.74) is 8.86. The molecule has 0 aliphatic rings. The number of carboxylic acids is 1. The van der Waals surface area contributed by atoms with E-state index in [1.807, 2.05) is 0 Å². The molecule has 0 unspecified atom stereocenters. The second-order valence-electron chi connectivity index (χ2n) is 1.72. The quantitative estimate of drug-likeness (QED) is 0.311. The van der Waals surface area contributed by atoms with Crippen molar-refractivity contribution >= 4 is 13.7 Å². The highest BCUT2D eigenvalue weighted by Crippen LogP contribution is 2.20. The smallest absolute Gasteiger partial charge is 0.397 e. The molecule has 0 aliphatic carbocycles. The predicted octanol–water partition coefficient (Wildman–Crippen LogP) is -1.54. The number of hydrogen-bond donors (Lipinski definition) is 5. The van der Waals surface area contributed by atoms with E-state index >= 15 is 0 Å². The molecule has 0 aliphatic heterocycles. The molecular weight excluding hydrogens is 175 g/mol. The molecule has 0 rings (SSSR count). The minimum Gasteiger partial charge on any atom is -0.480 e. The summed E-state index contributed by atoms with van der Waals surface area (Å²) in [5, 5.41) is 7.87. The Kier molecular flexibility index (Phi) is 6.25. The molecular formula is C3H11N2O5P. The van der Waals surface area contributed by atoms with Crippen LogP contribution < -0.4 is 11.2 Å². The molecule has 0 aromatic carbocycles. The van der Waals surface area contributed by atoms with Crippen molar-refractivity contribution in [1.82, 2.24) is 0 Å². The van der Waals surface area contributed by atoms with Gasteiger partial charge in [0, 0.05) is 0 Å². The first-order valence-electron chi connectivity index (χ1n) is 2.47. The second kappa shape index (κ2) is 5.22. The third-order valence-corrected chi connectivity index (χ3v) is 0.390. The van der Waals surface area contributed by atoms with Crippen LogP contribution >= 0.6 is 7.75 Å². The summed E-state index contributed by atoms with van der Waals surface area (Å²) in [6.45, 7) is 1.42. The average molecular weight is 186 g/mol. The summed E-state index contributed by atoms with van der Waals surface area (Å²) < 4.78 is 9.10. The van der Waals surface area contributed by atoms with Crippen LogP contribution in [0.2, 0.25) is 0 Å². The van der Waals surface area contributed by atoms with Crippen LogP contribution in [0.3, 0.4) is 0 Å². The number of hydrogen-bond acceptors (Lipinski definition) is 3. The zero-order valence-corrected chi connectivity index (χ0v) is 6.73. The van der Waals surface area contributed by atoms with Crippen LogP contribution in [0.5, 0.6) is 0 Å². The monoisotopic (exact) mass is 186 g/mol. The fourth-order valence-corrected chi connectivity index (χ4v) is 0. The fraction of sp³-hybridized carbons (Fsp3) is 0.667. The zero-order valence-electron chi connectivity index (χ0n) is 5.84. The van der Waals surface area contributed by atoms with Gasteiger partial charge in [-0.3, -0.25) is 4.79 Å². The summed E-state index contributed by atoms with van der Waals surface area (Å²) in [5.74, 6) is -0.963. The molecule has 0 amide bonds. The van der Waals surface area contributed by atoms with Gasteiger partial charge >= 0.3 is 13.7 Å². The van der Waals surface area contributed by atoms with Gasteiger partial charge < -0.3 is 20.6 Å². The highest BCUT2D eigenvalue weighted by molar-refractivity contribution is 7.49. The van der Waals surface area contributed by atoms with Gasteiger partial charge in [-0.15, -0.1) is 0 Å². The first kappa shape index (κ1) is 13.2. The lowest BCUT2D eigenvalue weighted by Gasteiger charge is -1.90. The van der Waals surface area contributed by atoms with E-state index in [1.54, 1.807) is 0 Å². The van der Waals surface area contributed by atoms with Gasteiger partial charge in [-0.25, -0.2) is 10.1 Å². The lowest BCUT2D eigenvalue weighted by Crippen LogP contribution is -2.25. The maximum atomic E-state index is 9.57. The van der Waals surface area contributed by atoms with Crippen LogP contribution in [0.25, 0.3) is 0 Å². The molecule has 1 atom stereocenters. The van der Waals surface area contributed by atoms with Gasteiger partial charge in [0.05, 0.1) is 0 Å². The zero-order chi connectivity index (χ0) is 9.65. The van der Waals surface area contributed by atoms with Crippen molar-refractivity contribution in [3.63, 3.8) is 0 Å². The number of aliphatic carboxylic acids is 1. The lowest BCUT2D eigenvalue weighted by molar-refractivity contribution is -0.138. The molecule has 11 heavy (non-hydrogen) atoms. The maximum absolute atomic E-state index is 9.57. The van der Waals surface area contributed by atoms with E-state index in [4.69, 9.17) is 25.2 Å². The van der Waals surface area contributed by atoms with E-state index in [0.29, 0.717) is 0 Å². The van der Waals surface area contributed by atoms with Crippen LogP contribution in [0.1, 0.15) is 6.92 Å². The van der Waals surface area contributed by atoms with Crippen molar-refractivity contribution in [2.45, 2.75) is 13.0 Å². The Bertz CT molecular complexity index is 155. The number of nitrogens with two attached hydrogens (primary N) is 2. The number of carboxylic acid groups (broad SMARTS) is 1. The summed E-state index contributed by atoms with van der Waals surface area (Å²) >= 11 is 0. The van der Waals surface area contributed by atoms with Crippen molar-refractivity contribution < 1.29 is 24.3 Å². The first-order chi connectivity index (χ1) is 4.64. The molecule has 8 heteroatoms. The Balaban J connectivity index is 0. The third-order valence-electron chi connectivity index (χ3n) is 0.390. The summed E-state index contributed by atoms with van der Waals surface area (Å²) in [6, 6.07) is -0.731. The molecule has 0 spiro atoms. The molecule has 0 heterocycles. The van der Waals surface area contributed by atoms with Gasteiger partial charge in [0.25, 0.3) is 0 Å². The van der Waals surface area contributed by atoms with Crippen molar-refractivity contribution in [3.8, 4) is 0 Å². The van der Waals surface area contributed by atoms with Crippen LogP contribution in [0.4, 0.5) is 0 Å². The minimum atomic E-state index is -4.14. The van der Waals surface area contributed by atoms with Crippen LogP contribution in [0, 0.1) is 0 Å². The van der Waals surface area contributed by atoms with Crippen LogP contribution in [-0.2, 0) is 9.36 Å². The van der Waals surface area contributed by atoms with Gasteiger partial charge in [-0.2, -0.15) is 0 Å². The highest BCUT2D eigenvalue weighted by Gasteiger charge is 1.99. The molecule has 0 fully saturated rings. The van der Waals surface area contributed by atoms with Gasteiger partial charge in [0.15, 0.2) is 0 Å². The van der Waals surface area contributed by atoms with Crippen molar-refractivity contribution in [3.05, 3.63) is 0 Å². The number of rotatable bonds is 1. The normalized spacial score (nSPS) is 12.8. The largest absolute Gasteiger partial charge is 0.480 e. The Morgan fingerprint density at radius 1 is 1.55 bits per heavy atom. The third kappa shape index (κ3) is 43.3. The molecule has 0 bridgehead atoms. The highest BCUT2D eigenvalue weighted by atomic mass is 31.2.